The number of carbonyl (C=O) groups excluding carboxylic acids is 1. The van der Waals surface area contributed by atoms with Gasteiger partial charge in [0.25, 0.3) is 11.8 Å². The SMILES string of the molecule is CCN(C(=O)c1cnc(C)nc1-c1ccccc1)[C@@H](C)CCc1ncc(C(C)(F)F)cn1. The second kappa shape index (κ2) is 9.89. The first-order chi connectivity index (χ1) is 15.2. The zero-order valence-corrected chi connectivity index (χ0v) is 18.7. The van der Waals surface area contributed by atoms with E-state index in [0.29, 0.717) is 42.3 Å². The van der Waals surface area contributed by atoms with Crippen molar-refractivity contribution in [1.29, 1.82) is 0 Å². The Kier molecular flexibility index (Phi) is 7.22. The molecule has 0 aliphatic rings. The molecule has 6 nitrogen and oxygen atoms in total. The summed E-state index contributed by atoms with van der Waals surface area (Å²) >= 11 is 0. The maximum Gasteiger partial charge on any atom is 0.273 e. The van der Waals surface area contributed by atoms with E-state index in [4.69, 9.17) is 0 Å². The Hall–Kier alpha value is -3.29. The number of halogens is 2. The van der Waals surface area contributed by atoms with Gasteiger partial charge >= 0.3 is 0 Å². The Morgan fingerprint density at radius 3 is 2.34 bits per heavy atom. The topological polar surface area (TPSA) is 71.9 Å². The van der Waals surface area contributed by atoms with Crippen molar-refractivity contribution >= 4 is 5.91 Å². The number of aromatic nitrogens is 4. The summed E-state index contributed by atoms with van der Waals surface area (Å²) in [6, 6.07) is 9.43. The van der Waals surface area contributed by atoms with Crippen LogP contribution in [0.2, 0.25) is 0 Å². The highest BCUT2D eigenvalue weighted by Gasteiger charge is 2.26. The monoisotopic (exact) mass is 439 g/mol. The minimum Gasteiger partial charge on any atom is -0.336 e. The van der Waals surface area contributed by atoms with E-state index in [1.54, 1.807) is 18.0 Å². The Labute approximate surface area is 186 Å². The lowest BCUT2D eigenvalue weighted by Gasteiger charge is -2.28. The summed E-state index contributed by atoms with van der Waals surface area (Å²) in [6.07, 6.45) is 4.96. The average molecular weight is 440 g/mol. The zero-order chi connectivity index (χ0) is 23.3. The number of hydrogen-bond donors (Lipinski definition) is 0. The largest absolute Gasteiger partial charge is 0.336 e. The van der Waals surface area contributed by atoms with Gasteiger partial charge < -0.3 is 4.90 Å². The predicted molar refractivity (Wildman–Crippen MR) is 118 cm³/mol. The molecule has 1 amide bonds. The molecule has 0 N–H and O–H groups in total. The maximum atomic E-state index is 13.4. The molecule has 1 aromatic carbocycles. The molecular formula is C24H27F2N5O. The van der Waals surface area contributed by atoms with Gasteiger partial charge in [0.05, 0.1) is 16.8 Å². The standard InChI is InChI=1S/C24H27F2N5O/c1-5-31(16(2)11-12-21-28-13-19(14-29-21)24(4,25)26)23(32)20-15-27-17(3)30-22(20)18-9-7-6-8-10-18/h6-10,13-16H,5,11-12H2,1-4H3/t16-/m0/s1. The average Bonchev–Trinajstić information content (AvgIpc) is 2.78. The quantitative estimate of drug-likeness (QED) is 0.502. The summed E-state index contributed by atoms with van der Waals surface area (Å²) in [7, 11) is 0. The summed E-state index contributed by atoms with van der Waals surface area (Å²) in [4.78, 5) is 32.1. The Balaban J connectivity index is 1.76. The molecule has 0 aliphatic carbocycles. The molecule has 2 heterocycles. The fraction of sp³-hybridized carbons (Fsp3) is 0.375. The molecule has 2 aromatic heterocycles. The molecule has 0 bridgehead atoms. The lowest BCUT2D eigenvalue weighted by molar-refractivity contribution is 0.0166. The van der Waals surface area contributed by atoms with Crippen molar-refractivity contribution < 1.29 is 13.6 Å². The molecule has 32 heavy (non-hydrogen) atoms. The van der Waals surface area contributed by atoms with Crippen LogP contribution >= 0.6 is 0 Å². The normalized spacial score (nSPS) is 12.4. The van der Waals surface area contributed by atoms with Gasteiger partial charge in [-0.3, -0.25) is 4.79 Å². The van der Waals surface area contributed by atoms with Gasteiger partial charge in [-0.2, -0.15) is 0 Å². The van der Waals surface area contributed by atoms with Crippen molar-refractivity contribution in [3.8, 4) is 11.3 Å². The molecule has 168 valence electrons. The van der Waals surface area contributed by atoms with Crippen LogP contribution < -0.4 is 0 Å². The number of amides is 1. The van der Waals surface area contributed by atoms with Crippen molar-refractivity contribution in [2.75, 3.05) is 6.54 Å². The second-order valence-corrected chi connectivity index (χ2v) is 7.80. The third kappa shape index (κ3) is 5.49. The van der Waals surface area contributed by atoms with Crippen LogP contribution in [-0.4, -0.2) is 43.3 Å². The van der Waals surface area contributed by atoms with Crippen LogP contribution in [0.25, 0.3) is 11.3 Å². The van der Waals surface area contributed by atoms with Crippen molar-refractivity contribution in [1.82, 2.24) is 24.8 Å². The molecule has 0 fully saturated rings. The number of carbonyl (C=O) groups is 1. The number of alkyl halides is 2. The predicted octanol–water partition coefficient (Wildman–Crippen LogP) is 4.84. The number of aryl methyl sites for hydroxylation is 2. The molecule has 0 spiro atoms. The molecule has 1 atom stereocenters. The van der Waals surface area contributed by atoms with Gasteiger partial charge in [0.2, 0.25) is 0 Å². The summed E-state index contributed by atoms with van der Waals surface area (Å²) < 4.78 is 26.7. The van der Waals surface area contributed by atoms with Gasteiger partial charge in [0.15, 0.2) is 0 Å². The Bertz CT molecular complexity index is 1050. The summed E-state index contributed by atoms with van der Waals surface area (Å²) in [5.74, 6) is -2.06. The minimum atomic E-state index is -2.97. The van der Waals surface area contributed by atoms with E-state index in [-0.39, 0.29) is 17.5 Å². The van der Waals surface area contributed by atoms with E-state index in [1.165, 1.54) is 0 Å². The summed E-state index contributed by atoms with van der Waals surface area (Å²) in [5, 5.41) is 0. The van der Waals surface area contributed by atoms with Gasteiger partial charge in [-0.1, -0.05) is 30.3 Å². The van der Waals surface area contributed by atoms with Crippen LogP contribution in [0.15, 0.2) is 48.9 Å². The lowest BCUT2D eigenvalue weighted by atomic mass is 10.0. The number of hydrogen-bond acceptors (Lipinski definition) is 5. The third-order valence-electron chi connectivity index (χ3n) is 5.32. The molecule has 0 unspecified atom stereocenters. The van der Waals surface area contributed by atoms with Gasteiger partial charge in [0.1, 0.15) is 11.6 Å². The molecule has 3 aromatic rings. The number of benzene rings is 1. The van der Waals surface area contributed by atoms with E-state index in [9.17, 15) is 13.6 Å². The molecule has 0 radical (unpaired) electrons. The summed E-state index contributed by atoms with van der Waals surface area (Å²) in [6.45, 7) is 6.98. The van der Waals surface area contributed by atoms with Gasteiger partial charge in [-0.25, -0.2) is 28.7 Å². The van der Waals surface area contributed by atoms with Crippen LogP contribution in [0, 0.1) is 6.92 Å². The summed E-state index contributed by atoms with van der Waals surface area (Å²) in [5.41, 5.74) is 1.69. The first-order valence-electron chi connectivity index (χ1n) is 10.6. The highest BCUT2D eigenvalue weighted by molar-refractivity contribution is 5.99. The third-order valence-corrected chi connectivity index (χ3v) is 5.32. The van der Waals surface area contributed by atoms with Crippen molar-refractivity contribution in [2.24, 2.45) is 0 Å². The van der Waals surface area contributed by atoms with Gasteiger partial charge in [-0.05, 0) is 27.2 Å². The minimum absolute atomic E-state index is 0.117. The molecule has 8 heteroatoms. The smallest absolute Gasteiger partial charge is 0.273 e. The fourth-order valence-corrected chi connectivity index (χ4v) is 3.46. The van der Waals surface area contributed by atoms with Crippen LogP contribution in [-0.2, 0) is 12.3 Å². The van der Waals surface area contributed by atoms with Crippen LogP contribution in [0.4, 0.5) is 8.78 Å². The van der Waals surface area contributed by atoms with Crippen LogP contribution in [0.1, 0.15) is 54.8 Å². The molecular weight excluding hydrogens is 412 g/mol. The van der Waals surface area contributed by atoms with Crippen molar-refractivity contribution in [3.63, 3.8) is 0 Å². The number of nitrogens with zero attached hydrogens (tertiary/aromatic N) is 5. The molecule has 3 rings (SSSR count). The van der Waals surface area contributed by atoms with Crippen molar-refractivity contribution in [3.05, 3.63) is 71.7 Å². The maximum absolute atomic E-state index is 13.4. The first kappa shape index (κ1) is 23.4. The highest BCUT2D eigenvalue weighted by Crippen LogP contribution is 2.26. The first-order valence-corrected chi connectivity index (χ1v) is 10.6. The number of rotatable bonds is 8. The molecule has 0 saturated carbocycles. The van der Waals surface area contributed by atoms with Crippen LogP contribution in [0.3, 0.4) is 0 Å². The van der Waals surface area contributed by atoms with E-state index in [0.717, 1.165) is 24.9 Å². The zero-order valence-electron chi connectivity index (χ0n) is 18.7. The fourth-order valence-electron chi connectivity index (χ4n) is 3.46. The second-order valence-electron chi connectivity index (χ2n) is 7.80. The van der Waals surface area contributed by atoms with Crippen LogP contribution in [0.5, 0.6) is 0 Å². The highest BCUT2D eigenvalue weighted by atomic mass is 19.3. The van der Waals surface area contributed by atoms with E-state index in [2.05, 4.69) is 19.9 Å². The Morgan fingerprint density at radius 2 is 1.75 bits per heavy atom. The van der Waals surface area contributed by atoms with E-state index < -0.39 is 5.92 Å². The van der Waals surface area contributed by atoms with Gasteiger partial charge in [-0.15, -0.1) is 0 Å². The van der Waals surface area contributed by atoms with E-state index >= 15 is 0 Å². The van der Waals surface area contributed by atoms with E-state index in [1.807, 2.05) is 44.2 Å². The Morgan fingerprint density at radius 1 is 1.09 bits per heavy atom. The van der Waals surface area contributed by atoms with Gasteiger partial charge in [0, 0.05) is 50.1 Å². The molecule has 0 aliphatic heterocycles. The lowest BCUT2D eigenvalue weighted by Crippen LogP contribution is -2.39. The molecule has 0 saturated heterocycles. The van der Waals surface area contributed by atoms with Crippen molar-refractivity contribution in [2.45, 2.75) is 52.5 Å².